The Labute approximate surface area is 106 Å². The van der Waals surface area contributed by atoms with Gasteiger partial charge in [0.15, 0.2) is 0 Å². The maximum absolute atomic E-state index is 12.3. The fraction of sp³-hybridized carbons (Fsp3) is 0.462. The lowest BCUT2D eigenvalue weighted by Crippen LogP contribution is -2.58. The van der Waals surface area contributed by atoms with E-state index in [1.54, 1.807) is 12.3 Å². The predicted molar refractivity (Wildman–Crippen MR) is 68.2 cm³/mol. The molecule has 96 valence electrons. The minimum absolute atomic E-state index is 0.0486. The first-order valence-electron chi connectivity index (χ1n) is 6.16. The molecule has 1 N–H and O–H groups in total. The van der Waals surface area contributed by atoms with Crippen LogP contribution in [0.25, 0.3) is 0 Å². The van der Waals surface area contributed by atoms with Gasteiger partial charge >= 0.3 is 0 Å². The van der Waals surface area contributed by atoms with Crippen molar-refractivity contribution in [3.8, 4) is 0 Å². The van der Waals surface area contributed by atoms with Crippen LogP contribution in [0, 0.1) is 6.92 Å². The molecule has 2 rings (SSSR count). The molecule has 5 heteroatoms. The van der Waals surface area contributed by atoms with E-state index in [1.807, 2.05) is 19.9 Å². The van der Waals surface area contributed by atoms with Gasteiger partial charge in [0, 0.05) is 6.20 Å². The largest absolute Gasteiger partial charge is 0.343 e. The van der Waals surface area contributed by atoms with Gasteiger partial charge in [-0.3, -0.25) is 19.5 Å². The van der Waals surface area contributed by atoms with Crippen molar-refractivity contribution in [3.63, 3.8) is 0 Å². The van der Waals surface area contributed by atoms with Crippen LogP contribution in [0.3, 0.4) is 0 Å². The molecule has 0 radical (unpaired) electrons. The molecule has 1 fully saturated rings. The third-order valence-electron chi connectivity index (χ3n) is 3.05. The standard InChI is InChI=1S/C13H17N3O2/c1-3-5-10-13(18)16(8-12(17)15-10)11-6-4-7-14-9(11)2/h4,6-7,10H,3,5,8H2,1-2H3,(H,15,17). The van der Waals surface area contributed by atoms with E-state index in [0.717, 1.165) is 17.8 Å². The number of hydrogen-bond acceptors (Lipinski definition) is 3. The Bertz CT molecular complexity index is 473. The average Bonchev–Trinajstić information content (AvgIpc) is 2.34. The molecule has 1 aliphatic heterocycles. The van der Waals surface area contributed by atoms with Crippen LogP contribution in [0.4, 0.5) is 5.69 Å². The van der Waals surface area contributed by atoms with Gasteiger partial charge in [0.25, 0.3) is 0 Å². The van der Waals surface area contributed by atoms with E-state index in [4.69, 9.17) is 0 Å². The molecule has 1 saturated heterocycles. The first-order valence-corrected chi connectivity index (χ1v) is 6.16. The summed E-state index contributed by atoms with van der Waals surface area (Å²) >= 11 is 0. The first kappa shape index (κ1) is 12.5. The van der Waals surface area contributed by atoms with Crippen LogP contribution in [0.5, 0.6) is 0 Å². The molecule has 0 saturated carbocycles. The van der Waals surface area contributed by atoms with Crippen molar-refractivity contribution in [2.45, 2.75) is 32.7 Å². The number of piperazine rings is 1. The summed E-state index contributed by atoms with van der Waals surface area (Å²) in [6.07, 6.45) is 3.20. The number of nitrogens with one attached hydrogen (secondary N) is 1. The molecule has 1 aromatic heterocycles. The molecule has 18 heavy (non-hydrogen) atoms. The van der Waals surface area contributed by atoms with Crippen molar-refractivity contribution >= 4 is 17.5 Å². The Kier molecular flexibility index (Phi) is 3.60. The van der Waals surface area contributed by atoms with Crippen LogP contribution in [-0.4, -0.2) is 29.4 Å². The normalized spacial score (nSPS) is 19.9. The number of amides is 2. The molecule has 0 bridgehead atoms. The van der Waals surface area contributed by atoms with Crippen molar-refractivity contribution in [2.24, 2.45) is 0 Å². The smallest absolute Gasteiger partial charge is 0.250 e. The molecule has 2 amide bonds. The summed E-state index contributed by atoms with van der Waals surface area (Å²) in [6, 6.07) is 3.19. The molecule has 0 aromatic carbocycles. The van der Waals surface area contributed by atoms with E-state index >= 15 is 0 Å². The number of anilines is 1. The molecular weight excluding hydrogens is 230 g/mol. The Morgan fingerprint density at radius 2 is 2.28 bits per heavy atom. The Morgan fingerprint density at radius 1 is 1.50 bits per heavy atom. The monoisotopic (exact) mass is 247 g/mol. The maximum Gasteiger partial charge on any atom is 0.250 e. The van der Waals surface area contributed by atoms with Crippen molar-refractivity contribution in [1.82, 2.24) is 10.3 Å². The van der Waals surface area contributed by atoms with Crippen LogP contribution < -0.4 is 10.2 Å². The summed E-state index contributed by atoms with van der Waals surface area (Å²) in [6.45, 7) is 3.91. The van der Waals surface area contributed by atoms with Crippen molar-refractivity contribution in [1.29, 1.82) is 0 Å². The number of carbonyl (C=O) groups is 2. The summed E-state index contributed by atoms with van der Waals surface area (Å²) in [5.74, 6) is -0.163. The van der Waals surface area contributed by atoms with Gasteiger partial charge in [-0.25, -0.2) is 0 Å². The number of hydrogen-bond donors (Lipinski definition) is 1. The van der Waals surface area contributed by atoms with Crippen LogP contribution >= 0.6 is 0 Å². The predicted octanol–water partition coefficient (Wildman–Crippen LogP) is 1.02. The van der Waals surface area contributed by atoms with Gasteiger partial charge in [0.2, 0.25) is 11.8 Å². The molecule has 0 aliphatic carbocycles. The van der Waals surface area contributed by atoms with E-state index in [1.165, 1.54) is 4.90 Å². The van der Waals surface area contributed by atoms with E-state index in [2.05, 4.69) is 10.3 Å². The molecular formula is C13H17N3O2. The van der Waals surface area contributed by atoms with Crippen molar-refractivity contribution in [3.05, 3.63) is 24.0 Å². The third kappa shape index (κ3) is 2.34. The summed E-state index contributed by atoms with van der Waals surface area (Å²) in [5.41, 5.74) is 1.48. The lowest BCUT2D eigenvalue weighted by Gasteiger charge is -2.32. The lowest BCUT2D eigenvalue weighted by atomic mass is 10.1. The van der Waals surface area contributed by atoms with Gasteiger partial charge in [-0.15, -0.1) is 0 Å². The molecule has 1 atom stereocenters. The number of pyridine rings is 1. The van der Waals surface area contributed by atoms with Crippen LogP contribution in [-0.2, 0) is 9.59 Å². The Hall–Kier alpha value is -1.91. The molecule has 1 aliphatic rings. The zero-order valence-corrected chi connectivity index (χ0v) is 10.6. The minimum atomic E-state index is -0.407. The van der Waals surface area contributed by atoms with E-state index in [9.17, 15) is 9.59 Å². The second kappa shape index (κ2) is 5.16. The van der Waals surface area contributed by atoms with E-state index in [0.29, 0.717) is 6.42 Å². The van der Waals surface area contributed by atoms with Gasteiger partial charge in [-0.1, -0.05) is 13.3 Å². The first-order chi connectivity index (χ1) is 8.63. The highest BCUT2D eigenvalue weighted by molar-refractivity contribution is 6.06. The van der Waals surface area contributed by atoms with Gasteiger partial charge in [0.05, 0.1) is 11.4 Å². The molecule has 1 unspecified atom stereocenters. The SMILES string of the molecule is CCCC1NC(=O)CN(c2cccnc2C)C1=O. The summed E-state index contributed by atoms with van der Waals surface area (Å²) in [5, 5.41) is 2.74. The van der Waals surface area contributed by atoms with Crippen LogP contribution in [0.15, 0.2) is 18.3 Å². The Morgan fingerprint density at radius 3 is 2.94 bits per heavy atom. The lowest BCUT2D eigenvalue weighted by molar-refractivity contribution is -0.131. The topological polar surface area (TPSA) is 62.3 Å². The molecule has 2 heterocycles. The molecule has 1 aromatic rings. The molecule has 0 spiro atoms. The highest BCUT2D eigenvalue weighted by atomic mass is 16.2. The fourth-order valence-corrected chi connectivity index (χ4v) is 2.16. The summed E-state index contributed by atoms with van der Waals surface area (Å²) in [7, 11) is 0. The summed E-state index contributed by atoms with van der Waals surface area (Å²) in [4.78, 5) is 29.6. The number of nitrogens with zero attached hydrogens (tertiary/aromatic N) is 2. The fourth-order valence-electron chi connectivity index (χ4n) is 2.16. The maximum atomic E-state index is 12.3. The van der Waals surface area contributed by atoms with E-state index < -0.39 is 6.04 Å². The zero-order valence-electron chi connectivity index (χ0n) is 10.6. The second-order valence-corrected chi connectivity index (χ2v) is 4.44. The number of aromatic nitrogens is 1. The van der Waals surface area contributed by atoms with Gasteiger partial charge < -0.3 is 5.32 Å². The van der Waals surface area contributed by atoms with Gasteiger partial charge in [0.1, 0.15) is 12.6 Å². The zero-order chi connectivity index (χ0) is 13.1. The van der Waals surface area contributed by atoms with Crippen LogP contribution in [0.1, 0.15) is 25.5 Å². The number of rotatable bonds is 3. The quantitative estimate of drug-likeness (QED) is 0.867. The van der Waals surface area contributed by atoms with Crippen molar-refractivity contribution in [2.75, 3.05) is 11.4 Å². The van der Waals surface area contributed by atoms with Gasteiger partial charge in [-0.05, 0) is 25.5 Å². The van der Waals surface area contributed by atoms with Crippen LogP contribution in [0.2, 0.25) is 0 Å². The highest BCUT2D eigenvalue weighted by Crippen LogP contribution is 2.21. The van der Waals surface area contributed by atoms with Crippen molar-refractivity contribution < 1.29 is 9.59 Å². The highest BCUT2D eigenvalue weighted by Gasteiger charge is 2.33. The van der Waals surface area contributed by atoms with Gasteiger partial charge in [-0.2, -0.15) is 0 Å². The van der Waals surface area contributed by atoms with E-state index in [-0.39, 0.29) is 18.4 Å². The minimum Gasteiger partial charge on any atom is -0.343 e. The molecule has 5 nitrogen and oxygen atoms in total. The Balaban J connectivity index is 2.29. The average molecular weight is 247 g/mol. The third-order valence-corrected chi connectivity index (χ3v) is 3.05. The summed E-state index contributed by atoms with van der Waals surface area (Å²) < 4.78 is 0. The second-order valence-electron chi connectivity index (χ2n) is 4.44. The number of aryl methyl sites for hydroxylation is 1. The number of carbonyl (C=O) groups excluding carboxylic acids is 2.